The number of amides is 1. The van der Waals surface area contributed by atoms with Crippen LogP contribution in [0.25, 0.3) is 0 Å². The van der Waals surface area contributed by atoms with Crippen LogP contribution in [0.3, 0.4) is 0 Å². The Hall–Kier alpha value is -2.71. The first-order valence-electron chi connectivity index (χ1n) is 8.38. The zero-order valence-corrected chi connectivity index (χ0v) is 15.8. The topological polar surface area (TPSA) is 92.8 Å². The lowest BCUT2D eigenvalue weighted by Gasteiger charge is -2.18. The molecule has 1 amide bonds. The number of hydrogen-bond acceptors (Lipinski definition) is 5. The molecule has 1 N–H and O–H groups in total. The van der Waals surface area contributed by atoms with Crippen molar-refractivity contribution in [1.82, 2.24) is 4.72 Å². The van der Waals surface area contributed by atoms with Crippen molar-refractivity contribution in [2.75, 3.05) is 18.6 Å². The molecule has 0 spiro atoms. The van der Waals surface area contributed by atoms with Crippen LogP contribution >= 0.6 is 0 Å². The predicted molar refractivity (Wildman–Crippen MR) is 101 cm³/mol. The van der Waals surface area contributed by atoms with E-state index < -0.39 is 16.1 Å². The highest BCUT2D eigenvalue weighted by Gasteiger charge is 2.33. The van der Waals surface area contributed by atoms with Crippen LogP contribution in [0, 0.1) is 0 Å². The zero-order valence-electron chi connectivity index (χ0n) is 15.0. The minimum Gasteiger partial charge on any atom is -0.497 e. The van der Waals surface area contributed by atoms with E-state index in [-0.39, 0.29) is 29.6 Å². The summed E-state index contributed by atoms with van der Waals surface area (Å²) in [4.78, 5) is 25.3. The van der Waals surface area contributed by atoms with Crippen molar-refractivity contribution in [2.24, 2.45) is 0 Å². The van der Waals surface area contributed by atoms with Crippen LogP contribution in [-0.2, 0) is 14.8 Å². The number of carbonyl (C=O) groups is 2. The molecule has 1 fully saturated rings. The van der Waals surface area contributed by atoms with Crippen LogP contribution in [0.5, 0.6) is 5.75 Å². The SMILES string of the molecule is COc1cccc(N2C[C@@H](NS(=O)(=O)c3ccc(C(C)=O)cc3)CC2=O)c1. The largest absolute Gasteiger partial charge is 0.497 e. The molecular formula is C19H20N2O5S. The molecule has 3 rings (SSSR count). The Morgan fingerprint density at radius 1 is 1.19 bits per heavy atom. The standard InChI is InChI=1S/C19H20N2O5S/c1-13(22)14-6-8-18(9-7-14)27(24,25)20-15-10-19(23)21(12-15)16-4-3-5-17(11-16)26-2/h3-9,11,15,20H,10,12H2,1-2H3/t15-/m0/s1. The maximum Gasteiger partial charge on any atom is 0.240 e. The van der Waals surface area contributed by atoms with Crippen molar-refractivity contribution in [3.8, 4) is 5.75 Å². The van der Waals surface area contributed by atoms with Crippen molar-refractivity contribution in [2.45, 2.75) is 24.3 Å². The van der Waals surface area contributed by atoms with Gasteiger partial charge < -0.3 is 9.64 Å². The molecule has 1 saturated heterocycles. The number of ketones is 1. The molecule has 0 unspecified atom stereocenters. The molecule has 0 radical (unpaired) electrons. The third-order valence-corrected chi connectivity index (χ3v) is 5.92. The molecule has 0 saturated carbocycles. The van der Waals surface area contributed by atoms with Gasteiger partial charge >= 0.3 is 0 Å². The number of hydrogen-bond donors (Lipinski definition) is 1. The molecule has 27 heavy (non-hydrogen) atoms. The summed E-state index contributed by atoms with van der Waals surface area (Å²) < 4.78 is 32.9. The van der Waals surface area contributed by atoms with Crippen molar-refractivity contribution in [3.05, 3.63) is 54.1 Å². The molecule has 0 aliphatic carbocycles. The van der Waals surface area contributed by atoms with Gasteiger partial charge in [-0.15, -0.1) is 0 Å². The molecule has 1 heterocycles. The molecule has 0 aromatic heterocycles. The number of benzene rings is 2. The van der Waals surface area contributed by atoms with Crippen LogP contribution in [0.4, 0.5) is 5.69 Å². The van der Waals surface area contributed by atoms with Gasteiger partial charge in [0, 0.05) is 36.3 Å². The van der Waals surface area contributed by atoms with E-state index in [0.29, 0.717) is 17.0 Å². The van der Waals surface area contributed by atoms with Crippen LogP contribution in [0.1, 0.15) is 23.7 Å². The Bertz CT molecular complexity index is 970. The molecule has 2 aromatic rings. The first kappa shape index (κ1) is 19.1. The number of nitrogens with zero attached hydrogens (tertiary/aromatic N) is 1. The van der Waals surface area contributed by atoms with Gasteiger partial charge in [0.1, 0.15) is 5.75 Å². The Morgan fingerprint density at radius 3 is 2.52 bits per heavy atom. The minimum absolute atomic E-state index is 0.0554. The van der Waals surface area contributed by atoms with Crippen molar-refractivity contribution < 1.29 is 22.7 Å². The van der Waals surface area contributed by atoms with Crippen LogP contribution in [0.2, 0.25) is 0 Å². The van der Waals surface area contributed by atoms with E-state index in [9.17, 15) is 18.0 Å². The summed E-state index contributed by atoms with van der Waals surface area (Å²) in [6, 6.07) is 12.2. The number of Topliss-reactive ketones (excluding diaryl/α,β-unsaturated/α-hetero) is 1. The number of anilines is 1. The van der Waals surface area contributed by atoms with Crippen molar-refractivity contribution in [3.63, 3.8) is 0 Å². The number of ether oxygens (including phenoxy) is 1. The van der Waals surface area contributed by atoms with Gasteiger partial charge in [0.05, 0.1) is 12.0 Å². The van der Waals surface area contributed by atoms with Crippen LogP contribution in [-0.4, -0.2) is 39.8 Å². The van der Waals surface area contributed by atoms with Crippen LogP contribution in [0.15, 0.2) is 53.4 Å². The quantitative estimate of drug-likeness (QED) is 0.764. The van der Waals surface area contributed by atoms with Gasteiger partial charge in [0.15, 0.2) is 5.78 Å². The molecule has 142 valence electrons. The Balaban J connectivity index is 1.74. The average molecular weight is 388 g/mol. The molecule has 0 bridgehead atoms. The summed E-state index contributed by atoms with van der Waals surface area (Å²) in [5.74, 6) is 0.319. The number of carbonyl (C=O) groups excluding carboxylic acids is 2. The first-order chi connectivity index (χ1) is 12.8. The summed E-state index contributed by atoms with van der Waals surface area (Å²) in [6.45, 7) is 1.65. The monoisotopic (exact) mass is 388 g/mol. The lowest BCUT2D eigenvalue weighted by Crippen LogP contribution is -2.37. The fourth-order valence-corrected chi connectivity index (χ4v) is 4.20. The molecule has 7 nitrogen and oxygen atoms in total. The van der Waals surface area contributed by atoms with Gasteiger partial charge in [-0.25, -0.2) is 13.1 Å². The number of sulfonamides is 1. The third kappa shape index (κ3) is 4.17. The highest BCUT2D eigenvalue weighted by atomic mass is 32.2. The molecule has 1 aliphatic heterocycles. The highest BCUT2D eigenvalue weighted by molar-refractivity contribution is 7.89. The number of methoxy groups -OCH3 is 1. The first-order valence-corrected chi connectivity index (χ1v) is 9.86. The van der Waals surface area contributed by atoms with Gasteiger partial charge in [-0.2, -0.15) is 0 Å². The summed E-state index contributed by atoms with van der Waals surface area (Å²) in [6.07, 6.45) is 0.0714. The summed E-state index contributed by atoms with van der Waals surface area (Å²) in [5.41, 5.74) is 1.10. The smallest absolute Gasteiger partial charge is 0.240 e. The lowest BCUT2D eigenvalue weighted by molar-refractivity contribution is -0.117. The Labute approximate surface area is 158 Å². The summed E-state index contributed by atoms with van der Waals surface area (Å²) in [5, 5.41) is 0. The van der Waals surface area contributed by atoms with Crippen molar-refractivity contribution >= 4 is 27.4 Å². The zero-order chi connectivity index (χ0) is 19.6. The van der Waals surface area contributed by atoms with E-state index in [1.807, 2.05) is 0 Å². The minimum atomic E-state index is -3.79. The highest BCUT2D eigenvalue weighted by Crippen LogP contribution is 2.26. The maximum atomic E-state index is 12.6. The fraction of sp³-hybridized carbons (Fsp3) is 0.263. The maximum absolute atomic E-state index is 12.6. The van der Waals surface area contributed by atoms with Gasteiger partial charge in [-0.05, 0) is 31.2 Å². The average Bonchev–Trinajstić information content (AvgIpc) is 3.01. The predicted octanol–water partition coefficient (Wildman–Crippen LogP) is 1.98. The van der Waals surface area contributed by atoms with E-state index in [1.54, 1.807) is 31.4 Å². The summed E-state index contributed by atoms with van der Waals surface area (Å²) in [7, 11) is -2.25. The van der Waals surface area contributed by atoms with Gasteiger partial charge in [0.2, 0.25) is 15.9 Å². The van der Waals surface area contributed by atoms with E-state index in [4.69, 9.17) is 4.74 Å². The normalized spacial score (nSPS) is 17.2. The molecule has 2 aromatic carbocycles. The summed E-state index contributed by atoms with van der Waals surface area (Å²) >= 11 is 0. The fourth-order valence-electron chi connectivity index (χ4n) is 2.97. The number of rotatable bonds is 6. The van der Waals surface area contributed by atoms with Gasteiger partial charge in [0.25, 0.3) is 0 Å². The molecular weight excluding hydrogens is 368 g/mol. The number of nitrogens with one attached hydrogen (secondary N) is 1. The van der Waals surface area contributed by atoms with Gasteiger partial charge in [-0.1, -0.05) is 18.2 Å². The van der Waals surface area contributed by atoms with Crippen molar-refractivity contribution in [1.29, 1.82) is 0 Å². The molecule has 1 atom stereocenters. The second kappa shape index (κ2) is 7.50. The Kier molecular flexibility index (Phi) is 5.29. The van der Waals surface area contributed by atoms with E-state index in [0.717, 1.165) is 0 Å². The van der Waals surface area contributed by atoms with Crippen LogP contribution < -0.4 is 14.4 Å². The van der Waals surface area contributed by atoms with E-state index in [1.165, 1.54) is 36.1 Å². The second-order valence-electron chi connectivity index (χ2n) is 6.31. The van der Waals surface area contributed by atoms with Gasteiger partial charge in [-0.3, -0.25) is 9.59 Å². The Morgan fingerprint density at radius 2 is 1.89 bits per heavy atom. The second-order valence-corrected chi connectivity index (χ2v) is 8.02. The molecule has 1 aliphatic rings. The molecule has 8 heteroatoms. The van der Waals surface area contributed by atoms with E-state index in [2.05, 4.69) is 4.72 Å². The van der Waals surface area contributed by atoms with E-state index >= 15 is 0 Å². The third-order valence-electron chi connectivity index (χ3n) is 4.38. The lowest BCUT2D eigenvalue weighted by atomic mass is 10.2.